The number of methoxy groups -OCH3 is 1. The molecule has 0 saturated heterocycles. The number of nitrogens with zero attached hydrogens (tertiary/aromatic N) is 1. The van der Waals surface area contributed by atoms with Crippen molar-refractivity contribution in [2.45, 2.75) is 6.42 Å². The van der Waals surface area contributed by atoms with Gasteiger partial charge in [0, 0.05) is 32.2 Å². The van der Waals surface area contributed by atoms with Gasteiger partial charge in [-0.15, -0.1) is 0 Å². The van der Waals surface area contributed by atoms with E-state index in [4.69, 9.17) is 27.9 Å². The van der Waals surface area contributed by atoms with Crippen molar-refractivity contribution in [3.8, 4) is 11.8 Å². The fourth-order valence-corrected chi connectivity index (χ4v) is 3.70. The van der Waals surface area contributed by atoms with Gasteiger partial charge >= 0.3 is 0 Å². The number of halogens is 3. The normalized spacial score (nSPS) is 11.0. The lowest BCUT2D eigenvalue weighted by molar-refractivity contribution is -0.112. The summed E-state index contributed by atoms with van der Waals surface area (Å²) in [5.74, 6) is 0.0318. The van der Waals surface area contributed by atoms with E-state index < -0.39 is 5.91 Å². The van der Waals surface area contributed by atoms with E-state index in [1.807, 2.05) is 30.3 Å². The van der Waals surface area contributed by atoms with E-state index in [2.05, 4.69) is 21.2 Å². The largest absolute Gasteiger partial charge is 0.496 e. The van der Waals surface area contributed by atoms with E-state index in [1.165, 1.54) is 6.08 Å². The maximum absolute atomic E-state index is 12.5. The van der Waals surface area contributed by atoms with Gasteiger partial charge in [-0.1, -0.05) is 57.3 Å². The summed E-state index contributed by atoms with van der Waals surface area (Å²) in [6.45, 7) is 0. The van der Waals surface area contributed by atoms with Gasteiger partial charge in [0.2, 0.25) is 0 Å². The Balaban J connectivity index is 1.89. The summed E-state index contributed by atoms with van der Waals surface area (Å²) in [5.41, 5.74) is 2.79. The SMILES string of the molecule is COc1cc(/C=C(\C#N)C(=O)Nc2ccc(Br)cc2)cc(Cl)c1Cc1ccccc1Cl. The molecule has 0 atom stereocenters. The lowest BCUT2D eigenvalue weighted by Crippen LogP contribution is -2.13. The molecule has 0 aliphatic carbocycles. The predicted molar refractivity (Wildman–Crippen MR) is 129 cm³/mol. The van der Waals surface area contributed by atoms with E-state index >= 15 is 0 Å². The second-order valence-electron chi connectivity index (χ2n) is 6.58. The molecule has 0 saturated carbocycles. The molecule has 3 aromatic carbocycles. The third-order valence-corrected chi connectivity index (χ3v) is 5.73. The van der Waals surface area contributed by atoms with Gasteiger partial charge in [0.25, 0.3) is 5.91 Å². The number of hydrogen-bond acceptors (Lipinski definition) is 3. The van der Waals surface area contributed by atoms with Crippen molar-refractivity contribution < 1.29 is 9.53 Å². The van der Waals surface area contributed by atoms with Gasteiger partial charge in [0.1, 0.15) is 17.4 Å². The van der Waals surface area contributed by atoms with Crippen LogP contribution < -0.4 is 10.1 Å². The molecule has 31 heavy (non-hydrogen) atoms. The van der Waals surface area contributed by atoms with Crippen molar-refractivity contribution in [3.63, 3.8) is 0 Å². The number of nitrogens with one attached hydrogen (secondary N) is 1. The molecule has 0 aromatic heterocycles. The molecular formula is C24H17BrCl2N2O2. The predicted octanol–water partition coefficient (Wildman–Crippen LogP) is 6.90. The molecular weight excluding hydrogens is 499 g/mol. The Kier molecular flexibility index (Phi) is 7.75. The minimum absolute atomic E-state index is 0.0557. The highest BCUT2D eigenvalue weighted by Crippen LogP contribution is 2.33. The van der Waals surface area contributed by atoms with Crippen molar-refractivity contribution in [2.24, 2.45) is 0 Å². The molecule has 0 aliphatic rings. The van der Waals surface area contributed by atoms with Crippen LogP contribution in [0.15, 0.2) is 70.7 Å². The second-order valence-corrected chi connectivity index (χ2v) is 8.31. The molecule has 1 N–H and O–H groups in total. The fourth-order valence-electron chi connectivity index (χ4n) is 2.95. The highest BCUT2D eigenvalue weighted by molar-refractivity contribution is 9.10. The fraction of sp³-hybridized carbons (Fsp3) is 0.0833. The van der Waals surface area contributed by atoms with Crippen LogP contribution in [0.5, 0.6) is 5.75 Å². The lowest BCUT2D eigenvalue weighted by atomic mass is 10.0. The quantitative estimate of drug-likeness (QED) is 0.287. The van der Waals surface area contributed by atoms with Crippen molar-refractivity contribution in [2.75, 3.05) is 12.4 Å². The van der Waals surface area contributed by atoms with Gasteiger partial charge in [-0.05, 0) is 59.7 Å². The number of carbonyl (C=O) groups is 1. The van der Waals surface area contributed by atoms with Gasteiger partial charge in [-0.25, -0.2) is 0 Å². The number of amides is 1. The molecule has 156 valence electrons. The summed E-state index contributed by atoms with van der Waals surface area (Å²) in [6.07, 6.45) is 1.96. The number of hydrogen-bond donors (Lipinski definition) is 1. The van der Waals surface area contributed by atoms with E-state index in [0.717, 1.165) is 15.6 Å². The van der Waals surface area contributed by atoms with E-state index in [-0.39, 0.29) is 5.57 Å². The standard InChI is InChI=1S/C24H17BrCl2N2O2/c1-31-23-12-15(11-22(27)20(23)13-16-4-2-3-5-21(16)26)10-17(14-28)24(30)29-19-8-6-18(25)7-9-19/h2-12H,13H2,1H3,(H,29,30)/b17-10+. The molecule has 4 nitrogen and oxygen atoms in total. The highest BCUT2D eigenvalue weighted by Gasteiger charge is 2.15. The maximum atomic E-state index is 12.5. The molecule has 1 amide bonds. The Morgan fingerprint density at radius 1 is 1.13 bits per heavy atom. The Labute approximate surface area is 199 Å². The monoisotopic (exact) mass is 514 g/mol. The van der Waals surface area contributed by atoms with Crippen LogP contribution in [0.2, 0.25) is 10.0 Å². The van der Waals surface area contributed by atoms with Crippen LogP contribution in [0, 0.1) is 11.3 Å². The first kappa shape index (κ1) is 22.9. The summed E-state index contributed by atoms with van der Waals surface area (Å²) in [7, 11) is 1.54. The summed E-state index contributed by atoms with van der Waals surface area (Å²) < 4.78 is 6.41. The Morgan fingerprint density at radius 2 is 1.84 bits per heavy atom. The van der Waals surface area contributed by atoms with Crippen molar-refractivity contribution in [3.05, 3.63) is 97.4 Å². The summed E-state index contributed by atoms with van der Waals surface area (Å²) >= 11 is 16.1. The summed E-state index contributed by atoms with van der Waals surface area (Å²) in [5, 5.41) is 13.3. The van der Waals surface area contributed by atoms with Gasteiger partial charge < -0.3 is 10.1 Å². The van der Waals surface area contributed by atoms with Gasteiger partial charge in [0.15, 0.2) is 0 Å². The maximum Gasteiger partial charge on any atom is 0.266 e. The van der Waals surface area contributed by atoms with E-state index in [0.29, 0.717) is 33.5 Å². The first-order valence-corrected chi connectivity index (χ1v) is 10.7. The molecule has 7 heteroatoms. The van der Waals surface area contributed by atoms with Gasteiger partial charge in [0.05, 0.1) is 7.11 Å². The van der Waals surface area contributed by atoms with Gasteiger partial charge in [-0.3, -0.25) is 4.79 Å². The zero-order chi connectivity index (χ0) is 22.4. The molecule has 0 heterocycles. The average molecular weight is 516 g/mol. The first-order valence-electron chi connectivity index (χ1n) is 9.19. The molecule has 0 fully saturated rings. The number of benzene rings is 3. The second kappa shape index (κ2) is 10.5. The minimum atomic E-state index is -0.514. The van der Waals surface area contributed by atoms with E-state index in [1.54, 1.807) is 43.5 Å². The van der Waals surface area contributed by atoms with Crippen LogP contribution in [0.1, 0.15) is 16.7 Å². The number of nitriles is 1. The number of anilines is 1. The molecule has 0 radical (unpaired) electrons. The molecule has 0 aliphatic heterocycles. The lowest BCUT2D eigenvalue weighted by Gasteiger charge is -2.13. The molecule has 3 rings (SSSR count). The smallest absolute Gasteiger partial charge is 0.266 e. The molecule has 0 spiro atoms. The van der Waals surface area contributed by atoms with Crippen LogP contribution in [-0.4, -0.2) is 13.0 Å². The van der Waals surface area contributed by atoms with Crippen molar-refractivity contribution in [1.29, 1.82) is 5.26 Å². The van der Waals surface area contributed by atoms with Crippen LogP contribution >= 0.6 is 39.1 Å². The number of carbonyl (C=O) groups excluding carboxylic acids is 1. The van der Waals surface area contributed by atoms with Crippen LogP contribution in [-0.2, 0) is 11.2 Å². The average Bonchev–Trinajstić information content (AvgIpc) is 2.76. The minimum Gasteiger partial charge on any atom is -0.496 e. The number of rotatable bonds is 6. The Hall–Kier alpha value is -2.78. The Morgan fingerprint density at radius 3 is 2.48 bits per heavy atom. The van der Waals surface area contributed by atoms with Crippen LogP contribution in [0.4, 0.5) is 5.69 Å². The summed E-state index contributed by atoms with van der Waals surface area (Å²) in [6, 6.07) is 20.0. The van der Waals surface area contributed by atoms with Crippen molar-refractivity contribution >= 4 is 56.8 Å². The topological polar surface area (TPSA) is 62.1 Å². The van der Waals surface area contributed by atoms with Crippen LogP contribution in [0.25, 0.3) is 6.08 Å². The molecule has 0 bridgehead atoms. The zero-order valence-electron chi connectivity index (χ0n) is 16.5. The third kappa shape index (κ3) is 5.89. The first-order chi connectivity index (χ1) is 14.9. The Bertz CT molecular complexity index is 1190. The van der Waals surface area contributed by atoms with E-state index in [9.17, 15) is 10.1 Å². The number of ether oxygens (including phenoxy) is 1. The zero-order valence-corrected chi connectivity index (χ0v) is 19.6. The molecule has 0 unspecified atom stereocenters. The highest BCUT2D eigenvalue weighted by atomic mass is 79.9. The summed E-state index contributed by atoms with van der Waals surface area (Å²) in [4.78, 5) is 12.5. The third-order valence-electron chi connectivity index (χ3n) is 4.50. The van der Waals surface area contributed by atoms with Crippen molar-refractivity contribution in [1.82, 2.24) is 0 Å². The van der Waals surface area contributed by atoms with Crippen LogP contribution in [0.3, 0.4) is 0 Å². The molecule has 3 aromatic rings. The van der Waals surface area contributed by atoms with Gasteiger partial charge in [-0.2, -0.15) is 5.26 Å².